The number of aromatic amines is 1. The van der Waals surface area contributed by atoms with Crippen LogP contribution in [0.4, 0.5) is 8.78 Å². The summed E-state index contributed by atoms with van der Waals surface area (Å²) in [5.41, 5.74) is 3.05. The van der Waals surface area contributed by atoms with Gasteiger partial charge in [-0.05, 0) is 48.4 Å². The molecule has 4 aromatic rings. The van der Waals surface area contributed by atoms with Crippen LogP contribution in [-0.2, 0) is 22.4 Å². The van der Waals surface area contributed by atoms with E-state index in [0.717, 1.165) is 5.56 Å². The summed E-state index contributed by atoms with van der Waals surface area (Å²) in [5, 5.41) is 0. The molecule has 1 N–H and O–H groups in total. The number of halogens is 2. The van der Waals surface area contributed by atoms with Crippen LogP contribution in [0.15, 0.2) is 67.0 Å². The number of carbonyl (C=O) groups is 2. The zero-order chi connectivity index (χ0) is 24.9. The van der Waals surface area contributed by atoms with E-state index in [1.165, 1.54) is 37.7 Å². The number of aromatic nitrogens is 2. The van der Waals surface area contributed by atoms with Crippen molar-refractivity contribution in [3.05, 3.63) is 101 Å². The highest BCUT2D eigenvalue weighted by molar-refractivity contribution is 5.90. The van der Waals surface area contributed by atoms with Crippen LogP contribution < -0.4 is 4.74 Å². The molecule has 0 bridgehead atoms. The summed E-state index contributed by atoms with van der Waals surface area (Å²) in [5.74, 6) is -1.46. The first-order chi connectivity index (χ1) is 16.8. The van der Waals surface area contributed by atoms with Gasteiger partial charge in [0.1, 0.15) is 17.3 Å². The van der Waals surface area contributed by atoms with Gasteiger partial charge in [-0.2, -0.15) is 0 Å². The van der Waals surface area contributed by atoms with E-state index in [9.17, 15) is 18.4 Å². The van der Waals surface area contributed by atoms with Crippen molar-refractivity contribution in [1.82, 2.24) is 9.97 Å². The molecule has 0 saturated carbocycles. The van der Waals surface area contributed by atoms with Crippen molar-refractivity contribution in [2.24, 2.45) is 0 Å². The van der Waals surface area contributed by atoms with Gasteiger partial charge in [-0.25, -0.2) is 13.6 Å². The van der Waals surface area contributed by atoms with Gasteiger partial charge in [0.25, 0.3) is 0 Å². The number of Topliss-reactive ketones (excluding diaryl/α,β-unsaturated/α-hetero) is 1. The van der Waals surface area contributed by atoms with Crippen LogP contribution in [0, 0.1) is 18.6 Å². The number of nitrogens with one attached hydrogen (secondary N) is 1. The maximum absolute atomic E-state index is 14.7. The number of esters is 1. The first-order valence-corrected chi connectivity index (χ1v) is 10.8. The average molecular weight is 476 g/mol. The van der Waals surface area contributed by atoms with Crippen LogP contribution in [0.1, 0.15) is 27.0 Å². The Hall–Kier alpha value is -4.33. The second-order valence-electron chi connectivity index (χ2n) is 8.02. The molecule has 2 aromatic heterocycles. The summed E-state index contributed by atoms with van der Waals surface area (Å²) in [7, 11) is 1.29. The second-order valence-corrected chi connectivity index (χ2v) is 8.02. The number of carbonyl (C=O) groups excluding carboxylic acids is 2. The van der Waals surface area contributed by atoms with Gasteiger partial charge < -0.3 is 14.5 Å². The fraction of sp³-hybridized carbons (Fsp3) is 0.148. The number of hydrogen-bond donors (Lipinski definition) is 1. The van der Waals surface area contributed by atoms with Gasteiger partial charge in [0.2, 0.25) is 0 Å². The fourth-order valence-electron chi connectivity index (χ4n) is 3.61. The molecule has 178 valence electrons. The topological polar surface area (TPSA) is 81.3 Å². The van der Waals surface area contributed by atoms with Gasteiger partial charge in [0.15, 0.2) is 11.6 Å². The molecule has 0 spiro atoms. The number of H-pyrrole nitrogens is 1. The Morgan fingerprint density at radius 3 is 2.57 bits per heavy atom. The summed E-state index contributed by atoms with van der Waals surface area (Å²) >= 11 is 0. The lowest BCUT2D eigenvalue weighted by Gasteiger charge is -2.09. The smallest absolute Gasteiger partial charge is 0.339 e. The number of methoxy groups -OCH3 is 1. The molecule has 4 rings (SSSR count). The van der Waals surface area contributed by atoms with Gasteiger partial charge in [0.05, 0.1) is 24.1 Å². The van der Waals surface area contributed by atoms with Gasteiger partial charge in [0, 0.05) is 31.3 Å². The van der Waals surface area contributed by atoms with Crippen molar-refractivity contribution < 1.29 is 27.8 Å². The second kappa shape index (κ2) is 10.3. The third-order valence-corrected chi connectivity index (χ3v) is 5.33. The Labute approximate surface area is 200 Å². The number of benzene rings is 2. The lowest BCUT2D eigenvalue weighted by Crippen LogP contribution is -2.08. The first-order valence-electron chi connectivity index (χ1n) is 10.8. The number of pyridine rings is 1. The SMILES string of the molecule is COC(=O)c1c[nH]c(-c2cc(Oc3ccc(CC(=O)Cc4cc(C)ccc4F)cc3F)ccn2)c1. The van der Waals surface area contributed by atoms with E-state index in [1.807, 2.05) is 6.92 Å². The molecule has 0 aliphatic carbocycles. The number of hydrogen-bond acceptors (Lipinski definition) is 5. The summed E-state index contributed by atoms with van der Waals surface area (Å²) in [6, 6.07) is 13.6. The molecule has 0 saturated heterocycles. The van der Waals surface area contributed by atoms with Crippen molar-refractivity contribution in [3.63, 3.8) is 0 Å². The van der Waals surface area contributed by atoms with Crippen molar-refractivity contribution >= 4 is 11.8 Å². The summed E-state index contributed by atoms with van der Waals surface area (Å²) in [4.78, 5) is 31.2. The van der Waals surface area contributed by atoms with Gasteiger partial charge in [-0.3, -0.25) is 9.78 Å². The lowest BCUT2D eigenvalue weighted by molar-refractivity contribution is -0.117. The van der Waals surface area contributed by atoms with Crippen molar-refractivity contribution in [1.29, 1.82) is 0 Å². The number of ether oxygens (including phenoxy) is 2. The van der Waals surface area contributed by atoms with Crippen molar-refractivity contribution in [3.8, 4) is 22.9 Å². The van der Waals surface area contributed by atoms with Gasteiger partial charge in [-0.1, -0.05) is 23.8 Å². The average Bonchev–Trinajstić information content (AvgIpc) is 3.33. The molecule has 0 unspecified atom stereocenters. The van der Waals surface area contributed by atoms with Crippen LogP contribution in [0.25, 0.3) is 11.4 Å². The standard InChI is InChI=1S/C27H22F2N2O4/c1-16-3-5-22(28)18(9-16)12-20(32)10-17-4-6-26(23(29)11-17)35-21-7-8-30-25(14-21)24-13-19(15-31-24)27(33)34-2/h3-9,11,13-15,31H,10,12H2,1-2H3. The minimum absolute atomic E-state index is 0.0233. The minimum Gasteiger partial charge on any atom is -0.465 e. The first kappa shape index (κ1) is 23.8. The molecule has 2 aromatic carbocycles. The minimum atomic E-state index is -0.636. The highest BCUT2D eigenvalue weighted by Crippen LogP contribution is 2.28. The van der Waals surface area contributed by atoms with E-state index in [1.54, 1.807) is 36.4 Å². The Morgan fingerprint density at radius 1 is 0.971 bits per heavy atom. The Balaban J connectivity index is 1.44. The van der Waals surface area contributed by atoms with Crippen LogP contribution in [0.2, 0.25) is 0 Å². The number of nitrogens with zero attached hydrogens (tertiary/aromatic N) is 1. The van der Waals surface area contributed by atoms with Crippen molar-refractivity contribution in [2.75, 3.05) is 7.11 Å². The van der Waals surface area contributed by atoms with Gasteiger partial charge in [-0.15, -0.1) is 0 Å². The predicted octanol–water partition coefficient (Wildman–Crippen LogP) is 5.60. The third kappa shape index (κ3) is 5.78. The summed E-state index contributed by atoms with van der Waals surface area (Å²) < 4.78 is 39.0. The normalized spacial score (nSPS) is 10.7. The molecule has 0 amide bonds. The van der Waals surface area contributed by atoms with E-state index in [2.05, 4.69) is 9.97 Å². The molecular weight excluding hydrogens is 454 g/mol. The van der Waals surface area contributed by atoms with Gasteiger partial charge >= 0.3 is 5.97 Å². The maximum atomic E-state index is 14.7. The Kier molecular flexibility index (Phi) is 7.01. The fourth-order valence-corrected chi connectivity index (χ4v) is 3.61. The largest absolute Gasteiger partial charge is 0.465 e. The van der Waals surface area contributed by atoms with E-state index in [-0.39, 0.29) is 24.4 Å². The number of ketones is 1. The Morgan fingerprint density at radius 2 is 1.80 bits per heavy atom. The molecule has 0 aliphatic rings. The highest BCUT2D eigenvalue weighted by atomic mass is 19.1. The molecule has 0 aliphatic heterocycles. The van der Waals surface area contributed by atoms with Crippen LogP contribution in [0.5, 0.6) is 11.5 Å². The predicted molar refractivity (Wildman–Crippen MR) is 125 cm³/mol. The van der Waals surface area contributed by atoms with Crippen LogP contribution in [0.3, 0.4) is 0 Å². The van der Waals surface area contributed by atoms with E-state index < -0.39 is 17.6 Å². The molecule has 0 fully saturated rings. The maximum Gasteiger partial charge on any atom is 0.339 e. The monoisotopic (exact) mass is 476 g/mol. The lowest BCUT2D eigenvalue weighted by atomic mass is 10.0. The molecule has 6 nitrogen and oxygen atoms in total. The molecular formula is C27H22F2N2O4. The molecule has 0 atom stereocenters. The molecule has 8 heteroatoms. The molecule has 35 heavy (non-hydrogen) atoms. The zero-order valence-corrected chi connectivity index (χ0v) is 19.1. The Bertz CT molecular complexity index is 1400. The summed E-state index contributed by atoms with van der Waals surface area (Å²) in [6.45, 7) is 1.82. The highest BCUT2D eigenvalue weighted by Gasteiger charge is 2.14. The number of aryl methyl sites for hydroxylation is 1. The van der Waals surface area contributed by atoms with Crippen LogP contribution in [-0.4, -0.2) is 28.8 Å². The third-order valence-electron chi connectivity index (χ3n) is 5.33. The van der Waals surface area contributed by atoms with Crippen LogP contribution >= 0.6 is 0 Å². The zero-order valence-electron chi connectivity index (χ0n) is 19.1. The number of rotatable bonds is 8. The summed E-state index contributed by atoms with van der Waals surface area (Å²) in [6.07, 6.45) is 2.91. The van der Waals surface area contributed by atoms with E-state index in [0.29, 0.717) is 33.8 Å². The van der Waals surface area contributed by atoms with E-state index in [4.69, 9.17) is 9.47 Å². The molecule has 2 heterocycles. The van der Waals surface area contributed by atoms with E-state index >= 15 is 0 Å². The van der Waals surface area contributed by atoms with Crippen molar-refractivity contribution in [2.45, 2.75) is 19.8 Å². The molecule has 0 radical (unpaired) electrons. The quantitative estimate of drug-likeness (QED) is 0.335.